The minimum absolute atomic E-state index is 0.00235. The molecule has 0 fully saturated rings. The number of carbonyl (C=O) groups excluding carboxylic acids is 1. The minimum Gasteiger partial charge on any atom is -0.322 e. The third-order valence-corrected chi connectivity index (χ3v) is 7.32. The van der Waals surface area contributed by atoms with Gasteiger partial charge >= 0.3 is 0 Å². The van der Waals surface area contributed by atoms with Crippen molar-refractivity contribution in [1.82, 2.24) is 4.98 Å². The highest BCUT2D eigenvalue weighted by Crippen LogP contribution is 2.25. The molecule has 3 aromatic rings. The lowest BCUT2D eigenvalue weighted by Crippen LogP contribution is -2.12. The SMILES string of the molecule is CCS(=O)(=O)c1ccc(NC(=O)c2ccc(-c3ncccc3S(C)(=O)=O)cc2)cc1. The van der Waals surface area contributed by atoms with Gasteiger partial charge < -0.3 is 5.32 Å². The molecular formula is C21H20N2O5S2. The van der Waals surface area contributed by atoms with Gasteiger partial charge in [-0.1, -0.05) is 19.1 Å². The van der Waals surface area contributed by atoms with Gasteiger partial charge in [0.1, 0.15) is 0 Å². The van der Waals surface area contributed by atoms with Gasteiger partial charge in [-0.15, -0.1) is 0 Å². The standard InChI is InChI=1S/C21H20N2O5S2/c1-3-30(27,28)18-12-10-17(11-13-18)23-21(24)16-8-6-15(7-9-16)20-19(29(2,25)26)5-4-14-22-20/h4-14H,3H2,1-2H3,(H,23,24). The number of rotatable bonds is 6. The summed E-state index contributed by atoms with van der Waals surface area (Å²) >= 11 is 0. The molecule has 0 bridgehead atoms. The molecule has 0 radical (unpaired) electrons. The number of nitrogens with one attached hydrogen (secondary N) is 1. The first-order valence-electron chi connectivity index (χ1n) is 9.01. The number of benzene rings is 2. The van der Waals surface area contributed by atoms with Gasteiger partial charge in [0.2, 0.25) is 0 Å². The molecule has 0 saturated carbocycles. The summed E-state index contributed by atoms with van der Waals surface area (Å²) in [6.07, 6.45) is 2.62. The Hall–Kier alpha value is -3.04. The normalized spacial score (nSPS) is 11.8. The molecule has 1 aromatic heterocycles. The molecule has 9 heteroatoms. The zero-order valence-corrected chi connectivity index (χ0v) is 18.0. The van der Waals surface area contributed by atoms with Crippen LogP contribution in [-0.4, -0.2) is 39.7 Å². The lowest BCUT2D eigenvalue weighted by Gasteiger charge is -2.09. The molecule has 7 nitrogen and oxygen atoms in total. The van der Waals surface area contributed by atoms with Crippen molar-refractivity contribution in [2.45, 2.75) is 16.7 Å². The molecule has 0 aliphatic carbocycles. The minimum atomic E-state index is -3.45. The topological polar surface area (TPSA) is 110 Å². The summed E-state index contributed by atoms with van der Waals surface area (Å²) in [5.41, 5.74) is 1.71. The van der Waals surface area contributed by atoms with Crippen molar-refractivity contribution in [2.75, 3.05) is 17.3 Å². The molecule has 1 N–H and O–H groups in total. The lowest BCUT2D eigenvalue weighted by molar-refractivity contribution is 0.102. The van der Waals surface area contributed by atoms with Crippen LogP contribution in [0.15, 0.2) is 76.7 Å². The molecular weight excluding hydrogens is 424 g/mol. The highest BCUT2D eigenvalue weighted by molar-refractivity contribution is 7.91. The van der Waals surface area contributed by atoms with Gasteiger partial charge in [0.05, 0.1) is 21.2 Å². The van der Waals surface area contributed by atoms with Crippen LogP contribution in [-0.2, 0) is 19.7 Å². The van der Waals surface area contributed by atoms with E-state index in [2.05, 4.69) is 10.3 Å². The summed E-state index contributed by atoms with van der Waals surface area (Å²) in [6, 6.07) is 15.4. The maximum absolute atomic E-state index is 12.5. The summed E-state index contributed by atoms with van der Waals surface area (Å²) in [6.45, 7) is 1.57. The highest BCUT2D eigenvalue weighted by atomic mass is 32.2. The number of hydrogen-bond donors (Lipinski definition) is 1. The highest BCUT2D eigenvalue weighted by Gasteiger charge is 2.16. The Labute approximate surface area is 175 Å². The van der Waals surface area contributed by atoms with E-state index in [0.29, 0.717) is 22.5 Å². The maximum Gasteiger partial charge on any atom is 0.255 e. The first-order chi connectivity index (χ1) is 14.1. The number of carbonyl (C=O) groups is 1. The van der Waals surface area contributed by atoms with Crippen molar-refractivity contribution in [3.63, 3.8) is 0 Å². The molecule has 2 aromatic carbocycles. The smallest absolute Gasteiger partial charge is 0.255 e. The van der Waals surface area contributed by atoms with Crippen molar-refractivity contribution < 1.29 is 21.6 Å². The first kappa shape index (κ1) is 21.7. The Balaban J connectivity index is 1.80. The average molecular weight is 445 g/mol. The van der Waals surface area contributed by atoms with Crippen LogP contribution in [0.2, 0.25) is 0 Å². The second-order valence-electron chi connectivity index (χ2n) is 6.58. The van der Waals surface area contributed by atoms with E-state index < -0.39 is 19.7 Å². The number of sulfone groups is 2. The number of nitrogens with zero attached hydrogens (tertiary/aromatic N) is 1. The second kappa shape index (κ2) is 8.37. The Morgan fingerprint density at radius 2 is 1.57 bits per heavy atom. The van der Waals surface area contributed by atoms with Crippen LogP contribution in [0.1, 0.15) is 17.3 Å². The van der Waals surface area contributed by atoms with Crippen molar-refractivity contribution in [3.8, 4) is 11.3 Å². The zero-order valence-electron chi connectivity index (χ0n) is 16.4. The van der Waals surface area contributed by atoms with Gasteiger partial charge in [-0.2, -0.15) is 0 Å². The van der Waals surface area contributed by atoms with Crippen LogP contribution in [0.3, 0.4) is 0 Å². The average Bonchev–Trinajstić information content (AvgIpc) is 2.73. The third-order valence-electron chi connectivity index (χ3n) is 4.44. The Bertz CT molecular complexity index is 1280. The second-order valence-corrected chi connectivity index (χ2v) is 10.8. The van der Waals surface area contributed by atoms with Gasteiger partial charge in [-0.3, -0.25) is 9.78 Å². The monoisotopic (exact) mass is 444 g/mol. The number of anilines is 1. The van der Waals surface area contributed by atoms with E-state index in [1.54, 1.807) is 37.3 Å². The van der Waals surface area contributed by atoms with Crippen LogP contribution >= 0.6 is 0 Å². The summed E-state index contributed by atoms with van der Waals surface area (Å²) in [7, 11) is -6.75. The fourth-order valence-corrected chi connectivity index (χ4v) is 4.53. The van der Waals surface area contributed by atoms with Crippen LogP contribution in [0.4, 0.5) is 5.69 Å². The molecule has 156 valence electrons. The van der Waals surface area contributed by atoms with E-state index in [1.165, 1.54) is 36.5 Å². The van der Waals surface area contributed by atoms with E-state index in [0.717, 1.165) is 6.26 Å². The van der Waals surface area contributed by atoms with Crippen molar-refractivity contribution >= 4 is 31.3 Å². The zero-order chi connectivity index (χ0) is 21.9. The summed E-state index contributed by atoms with van der Waals surface area (Å²) < 4.78 is 47.7. The van der Waals surface area contributed by atoms with Gasteiger partial charge in [-0.25, -0.2) is 16.8 Å². The van der Waals surface area contributed by atoms with E-state index in [1.807, 2.05) is 0 Å². The Morgan fingerprint density at radius 3 is 2.13 bits per heavy atom. The van der Waals surface area contributed by atoms with E-state index in [4.69, 9.17) is 0 Å². The Morgan fingerprint density at radius 1 is 0.933 bits per heavy atom. The molecule has 0 aliphatic heterocycles. The van der Waals surface area contributed by atoms with E-state index in [-0.39, 0.29) is 21.5 Å². The van der Waals surface area contributed by atoms with Crippen LogP contribution in [0, 0.1) is 0 Å². The molecule has 30 heavy (non-hydrogen) atoms. The number of aromatic nitrogens is 1. The van der Waals surface area contributed by atoms with Crippen molar-refractivity contribution in [3.05, 3.63) is 72.4 Å². The van der Waals surface area contributed by atoms with Gasteiger partial charge in [0, 0.05) is 29.3 Å². The maximum atomic E-state index is 12.5. The number of pyridine rings is 1. The molecule has 0 unspecified atom stereocenters. The van der Waals surface area contributed by atoms with Crippen molar-refractivity contribution in [1.29, 1.82) is 0 Å². The summed E-state index contributed by atoms with van der Waals surface area (Å²) in [5.74, 6) is -0.375. The molecule has 3 rings (SSSR count). The van der Waals surface area contributed by atoms with E-state index in [9.17, 15) is 21.6 Å². The largest absolute Gasteiger partial charge is 0.322 e. The van der Waals surface area contributed by atoms with Crippen LogP contribution in [0.5, 0.6) is 0 Å². The number of amides is 1. The third kappa shape index (κ3) is 4.74. The first-order valence-corrected chi connectivity index (χ1v) is 12.6. The summed E-state index contributed by atoms with van der Waals surface area (Å²) in [5, 5.41) is 2.70. The van der Waals surface area contributed by atoms with Crippen LogP contribution in [0.25, 0.3) is 11.3 Å². The molecule has 1 amide bonds. The quantitative estimate of drug-likeness (QED) is 0.625. The summed E-state index contributed by atoms with van der Waals surface area (Å²) in [4.78, 5) is 17.0. The Kier molecular flexibility index (Phi) is 6.04. The molecule has 0 spiro atoms. The van der Waals surface area contributed by atoms with Gasteiger partial charge in [0.15, 0.2) is 19.7 Å². The lowest BCUT2D eigenvalue weighted by atomic mass is 10.1. The molecule has 0 aliphatic rings. The molecule has 0 saturated heterocycles. The fourth-order valence-electron chi connectivity index (χ4n) is 2.80. The molecule has 1 heterocycles. The number of hydrogen-bond acceptors (Lipinski definition) is 6. The fraction of sp³-hybridized carbons (Fsp3) is 0.143. The predicted molar refractivity (Wildman–Crippen MR) is 115 cm³/mol. The predicted octanol–water partition coefficient (Wildman–Crippen LogP) is 3.20. The van der Waals surface area contributed by atoms with E-state index >= 15 is 0 Å². The molecule has 0 atom stereocenters. The van der Waals surface area contributed by atoms with Crippen LogP contribution < -0.4 is 5.32 Å². The van der Waals surface area contributed by atoms with Crippen molar-refractivity contribution in [2.24, 2.45) is 0 Å². The van der Waals surface area contributed by atoms with Gasteiger partial charge in [0.25, 0.3) is 5.91 Å². The van der Waals surface area contributed by atoms with Gasteiger partial charge in [-0.05, 0) is 48.5 Å².